The first-order valence-corrected chi connectivity index (χ1v) is 9.29. The molecule has 0 aliphatic carbocycles. The molecule has 4 heteroatoms. The van der Waals surface area contributed by atoms with Crippen LogP contribution in [0.5, 0.6) is 0 Å². The fourth-order valence-electron chi connectivity index (χ4n) is 1.86. The molecule has 1 nitrogen and oxygen atoms in total. The second kappa shape index (κ2) is 8.59. The minimum Gasteiger partial charge on any atom is -0.308 e. The van der Waals surface area contributed by atoms with Crippen LogP contribution >= 0.6 is 34.4 Å². The van der Waals surface area contributed by atoms with E-state index in [1.165, 1.54) is 9.75 Å². The Labute approximate surface area is 127 Å². The number of rotatable bonds is 9. The first-order valence-electron chi connectivity index (χ1n) is 6.38. The summed E-state index contributed by atoms with van der Waals surface area (Å²) in [5.74, 6) is 2.18. The SMILES string of the molecule is C=CCSCCNC(Cc1cccs1)c1cccs1. The van der Waals surface area contributed by atoms with Gasteiger partial charge in [-0.1, -0.05) is 18.2 Å². The standard InChI is InChI=1S/C15H19NS3/c1-2-8-17-11-7-16-14(15-6-4-10-19-15)12-13-5-3-9-18-13/h2-6,9-10,14,16H,1,7-8,11-12H2. The van der Waals surface area contributed by atoms with Crippen molar-refractivity contribution in [1.82, 2.24) is 5.32 Å². The van der Waals surface area contributed by atoms with Crippen molar-refractivity contribution in [2.75, 3.05) is 18.1 Å². The van der Waals surface area contributed by atoms with Crippen LogP contribution in [0.4, 0.5) is 0 Å². The molecule has 2 aromatic rings. The Kier molecular flexibility index (Phi) is 6.71. The number of thioether (sulfide) groups is 1. The summed E-state index contributed by atoms with van der Waals surface area (Å²) >= 11 is 5.61. The quantitative estimate of drug-likeness (QED) is 0.536. The Morgan fingerprint density at radius 1 is 1.26 bits per heavy atom. The molecule has 2 heterocycles. The predicted molar refractivity (Wildman–Crippen MR) is 90.6 cm³/mol. The second-order valence-electron chi connectivity index (χ2n) is 4.17. The summed E-state index contributed by atoms with van der Waals surface area (Å²) in [6, 6.07) is 9.16. The van der Waals surface area contributed by atoms with Crippen molar-refractivity contribution in [2.24, 2.45) is 0 Å². The Hall–Kier alpha value is -0.550. The van der Waals surface area contributed by atoms with Crippen LogP contribution in [0.15, 0.2) is 47.7 Å². The van der Waals surface area contributed by atoms with Gasteiger partial charge >= 0.3 is 0 Å². The Bertz CT molecular complexity index is 448. The maximum atomic E-state index is 3.75. The molecule has 0 fully saturated rings. The fraction of sp³-hybridized carbons (Fsp3) is 0.333. The molecule has 0 amide bonds. The Balaban J connectivity index is 1.86. The highest BCUT2D eigenvalue weighted by atomic mass is 32.2. The van der Waals surface area contributed by atoms with Gasteiger partial charge in [0.1, 0.15) is 0 Å². The topological polar surface area (TPSA) is 12.0 Å². The second-order valence-corrected chi connectivity index (χ2v) is 7.33. The molecule has 0 saturated carbocycles. The monoisotopic (exact) mass is 309 g/mol. The highest BCUT2D eigenvalue weighted by Gasteiger charge is 2.13. The lowest BCUT2D eigenvalue weighted by atomic mass is 10.1. The first-order chi connectivity index (χ1) is 9.40. The van der Waals surface area contributed by atoms with E-state index in [-0.39, 0.29) is 0 Å². The van der Waals surface area contributed by atoms with Gasteiger partial charge in [-0.3, -0.25) is 0 Å². The predicted octanol–water partition coefficient (Wildman–Crippen LogP) is 4.60. The molecule has 2 rings (SSSR count). The molecule has 19 heavy (non-hydrogen) atoms. The lowest BCUT2D eigenvalue weighted by molar-refractivity contribution is 0.564. The maximum absolute atomic E-state index is 3.75. The molecule has 0 radical (unpaired) electrons. The van der Waals surface area contributed by atoms with E-state index in [0.29, 0.717) is 6.04 Å². The molecule has 1 atom stereocenters. The van der Waals surface area contributed by atoms with Crippen molar-refractivity contribution in [3.05, 3.63) is 57.4 Å². The normalized spacial score (nSPS) is 12.4. The molecule has 2 aromatic heterocycles. The lowest BCUT2D eigenvalue weighted by Gasteiger charge is -2.16. The van der Waals surface area contributed by atoms with E-state index in [2.05, 4.69) is 46.9 Å². The van der Waals surface area contributed by atoms with Crippen LogP contribution in [0.25, 0.3) is 0 Å². The van der Waals surface area contributed by atoms with Crippen LogP contribution in [0.1, 0.15) is 15.8 Å². The first kappa shape index (κ1) is 14.9. The molecule has 0 aliphatic rings. The summed E-state index contributed by atoms with van der Waals surface area (Å²) in [5.41, 5.74) is 0. The highest BCUT2D eigenvalue weighted by molar-refractivity contribution is 7.99. The van der Waals surface area contributed by atoms with Crippen LogP contribution in [0.3, 0.4) is 0 Å². The van der Waals surface area contributed by atoms with Gasteiger partial charge in [0.05, 0.1) is 0 Å². The van der Waals surface area contributed by atoms with E-state index in [0.717, 1.165) is 24.5 Å². The molecule has 102 valence electrons. The maximum Gasteiger partial charge on any atom is 0.0463 e. The third kappa shape index (κ3) is 5.15. The van der Waals surface area contributed by atoms with E-state index < -0.39 is 0 Å². The van der Waals surface area contributed by atoms with Gasteiger partial charge in [-0.2, -0.15) is 11.8 Å². The summed E-state index contributed by atoms with van der Waals surface area (Å²) in [6.07, 6.45) is 3.05. The van der Waals surface area contributed by atoms with Gasteiger partial charge in [-0.15, -0.1) is 29.3 Å². The van der Waals surface area contributed by atoms with E-state index in [4.69, 9.17) is 0 Å². The van der Waals surface area contributed by atoms with E-state index in [1.54, 1.807) is 0 Å². The molecular formula is C15H19NS3. The van der Waals surface area contributed by atoms with Crippen molar-refractivity contribution < 1.29 is 0 Å². The van der Waals surface area contributed by atoms with Crippen LogP contribution in [-0.2, 0) is 6.42 Å². The van der Waals surface area contributed by atoms with Gasteiger partial charge in [0, 0.05) is 40.3 Å². The number of hydrogen-bond acceptors (Lipinski definition) is 4. The van der Waals surface area contributed by atoms with Crippen molar-refractivity contribution >= 4 is 34.4 Å². The molecule has 1 unspecified atom stereocenters. The zero-order valence-corrected chi connectivity index (χ0v) is 13.3. The number of thiophene rings is 2. The average Bonchev–Trinajstić information content (AvgIpc) is 3.10. The van der Waals surface area contributed by atoms with E-state index in [9.17, 15) is 0 Å². The van der Waals surface area contributed by atoms with Crippen LogP contribution in [0, 0.1) is 0 Å². The van der Waals surface area contributed by atoms with Gasteiger partial charge in [0.15, 0.2) is 0 Å². The molecule has 0 spiro atoms. The van der Waals surface area contributed by atoms with Crippen molar-refractivity contribution in [3.63, 3.8) is 0 Å². The third-order valence-corrected chi connectivity index (χ3v) is 5.59. The minimum atomic E-state index is 0.447. The molecule has 0 bridgehead atoms. The van der Waals surface area contributed by atoms with Crippen LogP contribution in [-0.4, -0.2) is 18.1 Å². The summed E-state index contributed by atoms with van der Waals surface area (Å²) in [6.45, 7) is 4.79. The largest absolute Gasteiger partial charge is 0.308 e. The molecule has 1 N–H and O–H groups in total. The Morgan fingerprint density at radius 3 is 2.79 bits per heavy atom. The minimum absolute atomic E-state index is 0.447. The fourth-order valence-corrected chi connectivity index (χ4v) is 4.01. The van der Waals surface area contributed by atoms with Gasteiger partial charge in [0.25, 0.3) is 0 Å². The molecule has 0 aliphatic heterocycles. The number of nitrogens with one attached hydrogen (secondary N) is 1. The summed E-state index contributed by atoms with van der Waals surface area (Å²) in [7, 11) is 0. The summed E-state index contributed by atoms with van der Waals surface area (Å²) in [4.78, 5) is 2.88. The Morgan fingerprint density at radius 2 is 2.11 bits per heavy atom. The summed E-state index contributed by atoms with van der Waals surface area (Å²) < 4.78 is 0. The van der Waals surface area contributed by atoms with Crippen molar-refractivity contribution in [2.45, 2.75) is 12.5 Å². The zero-order chi connectivity index (χ0) is 13.3. The van der Waals surface area contributed by atoms with E-state index in [1.807, 2.05) is 40.5 Å². The average molecular weight is 310 g/mol. The van der Waals surface area contributed by atoms with Gasteiger partial charge < -0.3 is 5.32 Å². The van der Waals surface area contributed by atoms with Crippen LogP contribution in [0.2, 0.25) is 0 Å². The zero-order valence-electron chi connectivity index (χ0n) is 10.9. The van der Waals surface area contributed by atoms with Crippen LogP contribution < -0.4 is 5.32 Å². The third-order valence-electron chi connectivity index (χ3n) is 2.74. The van der Waals surface area contributed by atoms with Gasteiger partial charge in [-0.05, 0) is 22.9 Å². The summed E-state index contributed by atoms with van der Waals surface area (Å²) in [5, 5.41) is 7.99. The number of hydrogen-bond donors (Lipinski definition) is 1. The van der Waals surface area contributed by atoms with Crippen molar-refractivity contribution in [3.8, 4) is 0 Å². The van der Waals surface area contributed by atoms with E-state index >= 15 is 0 Å². The van der Waals surface area contributed by atoms with Gasteiger partial charge in [0.2, 0.25) is 0 Å². The smallest absolute Gasteiger partial charge is 0.0463 e. The van der Waals surface area contributed by atoms with Gasteiger partial charge in [-0.25, -0.2) is 0 Å². The molecule has 0 saturated heterocycles. The van der Waals surface area contributed by atoms with Crippen molar-refractivity contribution in [1.29, 1.82) is 0 Å². The lowest BCUT2D eigenvalue weighted by Crippen LogP contribution is -2.24. The highest BCUT2D eigenvalue weighted by Crippen LogP contribution is 2.24. The molecule has 0 aromatic carbocycles. The molecular weight excluding hydrogens is 290 g/mol.